The van der Waals surface area contributed by atoms with Gasteiger partial charge < -0.3 is 23.9 Å². The van der Waals surface area contributed by atoms with Gasteiger partial charge in [-0.3, -0.25) is 19.3 Å². The Morgan fingerprint density at radius 1 is 1.10 bits per heavy atom. The van der Waals surface area contributed by atoms with Crippen molar-refractivity contribution in [3.05, 3.63) is 81.1 Å². The van der Waals surface area contributed by atoms with Gasteiger partial charge in [0.15, 0.2) is 18.1 Å². The molecular formula is C27H23ClN2O8S. The van der Waals surface area contributed by atoms with Crippen LogP contribution in [0.4, 0.5) is 10.5 Å². The van der Waals surface area contributed by atoms with Gasteiger partial charge in [0.1, 0.15) is 5.76 Å². The number of amides is 3. The molecule has 0 unspecified atom stereocenters. The van der Waals surface area contributed by atoms with Gasteiger partial charge in [0.2, 0.25) is 5.76 Å². The fraction of sp³-hybridized carbons (Fsp3) is 0.185. The van der Waals surface area contributed by atoms with E-state index in [1.807, 2.05) is 19.1 Å². The molecule has 0 aliphatic carbocycles. The van der Waals surface area contributed by atoms with E-state index in [-0.39, 0.29) is 52.0 Å². The van der Waals surface area contributed by atoms with Crippen LogP contribution < -0.4 is 14.8 Å². The third kappa shape index (κ3) is 6.62. The lowest BCUT2D eigenvalue weighted by Gasteiger charge is -2.14. The quantitative estimate of drug-likeness (QED) is 0.270. The molecule has 0 radical (unpaired) electrons. The molecule has 10 nitrogen and oxygen atoms in total. The molecule has 1 saturated heterocycles. The third-order valence-corrected chi connectivity index (χ3v) is 6.66. The van der Waals surface area contributed by atoms with Crippen molar-refractivity contribution in [3.8, 4) is 11.5 Å². The Labute approximate surface area is 232 Å². The van der Waals surface area contributed by atoms with E-state index in [2.05, 4.69) is 10.1 Å². The predicted octanol–water partition coefficient (Wildman–Crippen LogP) is 5.29. The summed E-state index contributed by atoms with van der Waals surface area (Å²) < 4.78 is 21.0. The Kier molecular flexibility index (Phi) is 8.62. The number of esters is 1. The lowest BCUT2D eigenvalue weighted by atomic mass is 10.1. The Bertz CT molecular complexity index is 1460. The number of benzene rings is 2. The molecule has 0 bridgehead atoms. The minimum absolute atomic E-state index is 0.0355. The maximum atomic E-state index is 12.9. The summed E-state index contributed by atoms with van der Waals surface area (Å²) >= 11 is 7.17. The number of nitrogens with zero attached hydrogens (tertiary/aromatic N) is 1. The number of hydrogen-bond acceptors (Lipinski definition) is 9. The number of halogens is 1. The molecule has 39 heavy (non-hydrogen) atoms. The van der Waals surface area contributed by atoms with Gasteiger partial charge in [0, 0.05) is 5.69 Å². The van der Waals surface area contributed by atoms with Crippen molar-refractivity contribution in [2.24, 2.45) is 0 Å². The molecule has 12 heteroatoms. The third-order valence-electron chi connectivity index (χ3n) is 5.47. The van der Waals surface area contributed by atoms with Gasteiger partial charge >= 0.3 is 5.97 Å². The number of carbonyl (C=O) groups is 4. The summed E-state index contributed by atoms with van der Waals surface area (Å²) in [5.74, 6) is -0.984. The van der Waals surface area contributed by atoms with Crippen LogP contribution in [0, 0.1) is 6.92 Å². The molecule has 1 aliphatic rings. The summed E-state index contributed by atoms with van der Waals surface area (Å²) in [6.45, 7) is 1.48. The SMILES string of the molecule is COC(=O)c1ccc(CN2C(=O)S/C(=C/c3cc(Cl)c(OCC(=O)Nc4ccc(C)cc4)c(OC)c3)C2=O)o1. The highest BCUT2D eigenvalue weighted by molar-refractivity contribution is 8.18. The number of aryl methyl sites for hydroxylation is 1. The van der Waals surface area contributed by atoms with Crippen molar-refractivity contribution in [1.29, 1.82) is 0 Å². The molecule has 1 aliphatic heterocycles. The van der Waals surface area contributed by atoms with Crippen molar-refractivity contribution in [2.75, 3.05) is 26.1 Å². The van der Waals surface area contributed by atoms with E-state index in [4.69, 9.17) is 25.5 Å². The number of rotatable bonds is 9. The highest BCUT2D eigenvalue weighted by Crippen LogP contribution is 2.39. The average Bonchev–Trinajstić information content (AvgIpc) is 3.49. The van der Waals surface area contributed by atoms with E-state index in [9.17, 15) is 19.2 Å². The van der Waals surface area contributed by atoms with Gasteiger partial charge in [-0.25, -0.2) is 4.79 Å². The first kappa shape index (κ1) is 27.8. The van der Waals surface area contributed by atoms with Crippen molar-refractivity contribution in [1.82, 2.24) is 4.90 Å². The van der Waals surface area contributed by atoms with Crippen LogP contribution in [-0.4, -0.2) is 48.7 Å². The number of anilines is 1. The number of furan rings is 1. The van der Waals surface area contributed by atoms with Crippen LogP contribution in [0.5, 0.6) is 11.5 Å². The fourth-order valence-electron chi connectivity index (χ4n) is 3.55. The summed E-state index contributed by atoms with van der Waals surface area (Å²) in [6.07, 6.45) is 1.50. The first-order valence-corrected chi connectivity index (χ1v) is 12.7. The highest BCUT2D eigenvalue weighted by Gasteiger charge is 2.36. The second-order valence-electron chi connectivity index (χ2n) is 8.26. The Balaban J connectivity index is 1.45. The first-order valence-electron chi connectivity index (χ1n) is 11.5. The summed E-state index contributed by atoms with van der Waals surface area (Å²) in [5.41, 5.74) is 2.18. The summed E-state index contributed by atoms with van der Waals surface area (Å²) in [5, 5.41) is 2.38. The molecule has 0 atom stereocenters. The highest BCUT2D eigenvalue weighted by atomic mass is 35.5. The number of ether oxygens (including phenoxy) is 3. The summed E-state index contributed by atoms with van der Waals surface area (Å²) in [4.78, 5) is 50.5. The number of nitrogens with one attached hydrogen (secondary N) is 1. The molecule has 1 fully saturated rings. The largest absolute Gasteiger partial charge is 0.493 e. The molecule has 1 N–H and O–H groups in total. The lowest BCUT2D eigenvalue weighted by molar-refractivity contribution is -0.123. The van der Waals surface area contributed by atoms with Gasteiger partial charge in [-0.05, 0) is 66.7 Å². The maximum absolute atomic E-state index is 12.9. The van der Waals surface area contributed by atoms with Gasteiger partial charge in [0.25, 0.3) is 17.1 Å². The lowest BCUT2D eigenvalue weighted by Crippen LogP contribution is -2.27. The predicted molar refractivity (Wildman–Crippen MR) is 145 cm³/mol. The molecular weight excluding hydrogens is 548 g/mol. The standard InChI is InChI=1S/C27H23ClN2O8S/c1-15-4-6-17(7-5-15)29-23(31)14-37-24-19(28)10-16(11-21(24)35-2)12-22-25(32)30(27(34)39-22)13-18-8-9-20(38-18)26(33)36-3/h4-12H,13-14H2,1-3H3,(H,29,31)/b22-12+. The number of thioether (sulfide) groups is 1. The van der Waals surface area contributed by atoms with Crippen LogP contribution in [0.15, 0.2) is 57.9 Å². The Hall–Kier alpha value is -4.22. The van der Waals surface area contributed by atoms with E-state index in [0.717, 1.165) is 22.2 Å². The molecule has 202 valence electrons. The molecule has 0 spiro atoms. The van der Waals surface area contributed by atoms with E-state index < -0.39 is 17.1 Å². The Morgan fingerprint density at radius 2 is 1.85 bits per heavy atom. The van der Waals surface area contributed by atoms with E-state index in [1.54, 1.807) is 18.2 Å². The van der Waals surface area contributed by atoms with Crippen LogP contribution in [0.25, 0.3) is 6.08 Å². The zero-order chi connectivity index (χ0) is 28.1. The van der Waals surface area contributed by atoms with Crippen LogP contribution >= 0.6 is 23.4 Å². The smallest absolute Gasteiger partial charge is 0.373 e. The van der Waals surface area contributed by atoms with Crippen molar-refractivity contribution < 1.29 is 37.8 Å². The molecule has 1 aromatic heterocycles. The first-order chi connectivity index (χ1) is 18.7. The van der Waals surface area contributed by atoms with E-state index in [1.165, 1.54) is 38.5 Å². The van der Waals surface area contributed by atoms with Crippen LogP contribution in [0.2, 0.25) is 5.02 Å². The van der Waals surface area contributed by atoms with Crippen molar-refractivity contribution >= 4 is 58.1 Å². The van der Waals surface area contributed by atoms with Crippen LogP contribution in [-0.2, 0) is 20.9 Å². The Morgan fingerprint density at radius 3 is 2.54 bits per heavy atom. The monoisotopic (exact) mass is 570 g/mol. The van der Waals surface area contributed by atoms with Crippen LogP contribution in [0.1, 0.15) is 27.4 Å². The molecule has 0 saturated carbocycles. The van der Waals surface area contributed by atoms with Crippen LogP contribution in [0.3, 0.4) is 0 Å². The molecule has 3 aromatic rings. The van der Waals surface area contributed by atoms with Crippen molar-refractivity contribution in [2.45, 2.75) is 13.5 Å². The number of methoxy groups -OCH3 is 2. The topological polar surface area (TPSA) is 124 Å². The van der Waals surface area contributed by atoms with E-state index >= 15 is 0 Å². The summed E-state index contributed by atoms with van der Waals surface area (Å²) in [6, 6.07) is 13.3. The number of imide groups is 1. The van der Waals surface area contributed by atoms with Crippen molar-refractivity contribution in [3.63, 3.8) is 0 Å². The van der Waals surface area contributed by atoms with E-state index in [0.29, 0.717) is 11.3 Å². The molecule has 3 amide bonds. The van der Waals surface area contributed by atoms with Gasteiger partial charge in [-0.1, -0.05) is 29.3 Å². The normalized spacial score (nSPS) is 14.1. The number of hydrogen-bond donors (Lipinski definition) is 1. The summed E-state index contributed by atoms with van der Waals surface area (Å²) in [7, 11) is 2.63. The van der Waals surface area contributed by atoms with Gasteiger partial charge in [0.05, 0.1) is 30.7 Å². The second-order valence-corrected chi connectivity index (χ2v) is 9.66. The zero-order valence-corrected chi connectivity index (χ0v) is 22.7. The fourth-order valence-corrected chi connectivity index (χ4v) is 4.66. The molecule has 4 rings (SSSR count). The minimum Gasteiger partial charge on any atom is -0.493 e. The minimum atomic E-state index is -0.666. The second kappa shape index (κ2) is 12.1. The maximum Gasteiger partial charge on any atom is 0.373 e. The zero-order valence-electron chi connectivity index (χ0n) is 21.1. The number of carbonyl (C=O) groups excluding carboxylic acids is 4. The molecule has 2 aromatic carbocycles. The average molecular weight is 571 g/mol. The van der Waals surface area contributed by atoms with Gasteiger partial charge in [-0.15, -0.1) is 0 Å². The molecule has 2 heterocycles. The van der Waals surface area contributed by atoms with Gasteiger partial charge in [-0.2, -0.15) is 0 Å².